The fourth-order valence-corrected chi connectivity index (χ4v) is 3.67. The lowest BCUT2D eigenvalue weighted by atomic mass is 10.0. The fourth-order valence-electron chi connectivity index (χ4n) is 3.47. The number of nitrogens with zero attached hydrogens (tertiary/aromatic N) is 2. The molecule has 0 aliphatic rings. The molecule has 0 spiro atoms. The minimum atomic E-state index is -1.10. The quantitative estimate of drug-likeness (QED) is 0.562. The van der Waals surface area contributed by atoms with Gasteiger partial charge in [0.2, 0.25) is 0 Å². The number of hydrogen-bond acceptors (Lipinski definition) is 3. The zero-order valence-corrected chi connectivity index (χ0v) is 14.8. The summed E-state index contributed by atoms with van der Waals surface area (Å²) in [7, 11) is 0. The molecule has 0 aliphatic carbocycles. The highest BCUT2D eigenvalue weighted by atomic mass is 35.5. The van der Waals surface area contributed by atoms with Crippen LogP contribution in [0.5, 0.6) is 0 Å². The van der Waals surface area contributed by atoms with Gasteiger partial charge in [-0.15, -0.1) is 0 Å². The molecule has 0 aliphatic heterocycles. The van der Waals surface area contributed by atoms with Crippen LogP contribution in [-0.4, -0.2) is 25.8 Å². The first kappa shape index (κ1) is 17.2. The molecule has 4 rings (SSSR count). The van der Waals surface area contributed by atoms with Crippen molar-refractivity contribution in [2.24, 2.45) is 0 Å². The number of H-pyrrole nitrogens is 1. The van der Waals surface area contributed by atoms with Crippen LogP contribution in [0.2, 0.25) is 5.02 Å². The Balaban J connectivity index is 2.18. The van der Waals surface area contributed by atoms with Crippen LogP contribution in [0.15, 0.2) is 41.2 Å². The molecule has 0 fully saturated rings. The number of carbonyl (C=O) groups is 1. The Kier molecular flexibility index (Phi) is 3.96. The zero-order chi connectivity index (χ0) is 19.3. The minimum absolute atomic E-state index is 0.131. The van der Waals surface area contributed by atoms with Crippen LogP contribution in [0.1, 0.15) is 5.69 Å². The second-order valence-corrected chi connectivity index (χ2v) is 6.61. The Bertz CT molecular complexity index is 1290. The summed E-state index contributed by atoms with van der Waals surface area (Å²) < 4.78 is 16.0. The molecule has 27 heavy (non-hydrogen) atoms. The number of aliphatic carboxylic acids is 1. The summed E-state index contributed by atoms with van der Waals surface area (Å²) in [6.07, 6.45) is 0. The van der Waals surface area contributed by atoms with Gasteiger partial charge in [0.25, 0.3) is 5.56 Å². The molecule has 0 atom stereocenters. The lowest BCUT2D eigenvalue weighted by Crippen LogP contribution is -2.11. The molecule has 0 saturated heterocycles. The molecular weight excluding hydrogens is 373 g/mol. The third-order valence-electron chi connectivity index (χ3n) is 4.56. The maximum Gasteiger partial charge on any atom is 0.323 e. The SMILES string of the molecule is Cc1c(-c2n[nH]c(=O)c3ccccc23)c2cc(Cl)cc(F)c2n1CC(=O)O. The van der Waals surface area contributed by atoms with Gasteiger partial charge in [-0.05, 0) is 25.1 Å². The highest BCUT2D eigenvalue weighted by molar-refractivity contribution is 6.31. The fraction of sp³-hybridized carbons (Fsp3) is 0.105. The summed E-state index contributed by atoms with van der Waals surface area (Å²) in [6, 6.07) is 9.63. The van der Waals surface area contributed by atoms with Gasteiger partial charge in [-0.1, -0.05) is 29.8 Å². The van der Waals surface area contributed by atoms with Crippen LogP contribution in [-0.2, 0) is 11.3 Å². The predicted molar refractivity (Wildman–Crippen MR) is 101 cm³/mol. The van der Waals surface area contributed by atoms with Crippen LogP contribution in [0, 0.1) is 12.7 Å². The van der Waals surface area contributed by atoms with Gasteiger partial charge in [-0.25, -0.2) is 9.49 Å². The summed E-state index contributed by atoms with van der Waals surface area (Å²) in [5.41, 5.74) is 1.26. The molecule has 2 aromatic heterocycles. The van der Waals surface area contributed by atoms with E-state index in [1.807, 2.05) is 0 Å². The number of aromatic nitrogens is 3. The first-order chi connectivity index (χ1) is 12.9. The topological polar surface area (TPSA) is 88.0 Å². The molecule has 8 heteroatoms. The van der Waals surface area contributed by atoms with Crippen LogP contribution in [0.4, 0.5) is 4.39 Å². The van der Waals surface area contributed by atoms with E-state index in [1.54, 1.807) is 37.3 Å². The molecule has 0 radical (unpaired) electrons. The number of benzene rings is 2. The van der Waals surface area contributed by atoms with Crippen molar-refractivity contribution in [3.8, 4) is 11.3 Å². The Morgan fingerprint density at radius 3 is 2.67 bits per heavy atom. The second kappa shape index (κ2) is 6.21. The number of halogens is 2. The highest BCUT2D eigenvalue weighted by Crippen LogP contribution is 2.38. The Labute approximate surface area is 156 Å². The third-order valence-corrected chi connectivity index (χ3v) is 4.78. The molecule has 4 aromatic rings. The summed E-state index contributed by atoms with van der Waals surface area (Å²) in [4.78, 5) is 23.4. The number of rotatable bonds is 3. The first-order valence-electron chi connectivity index (χ1n) is 8.06. The molecule has 0 saturated carbocycles. The summed E-state index contributed by atoms with van der Waals surface area (Å²) in [5.74, 6) is -1.72. The van der Waals surface area contributed by atoms with E-state index >= 15 is 0 Å². The number of nitrogens with one attached hydrogen (secondary N) is 1. The van der Waals surface area contributed by atoms with E-state index in [2.05, 4.69) is 10.2 Å². The molecule has 0 bridgehead atoms. The molecule has 2 heterocycles. The summed E-state index contributed by atoms with van der Waals surface area (Å²) in [5, 5.41) is 17.5. The number of carboxylic acids is 1. The molecule has 2 aromatic carbocycles. The van der Waals surface area contributed by atoms with Crippen LogP contribution in [0.25, 0.3) is 32.9 Å². The van der Waals surface area contributed by atoms with Crippen molar-refractivity contribution < 1.29 is 14.3 Å². The van der Waals surface area contributed by atoms with E-state index < -0.39 is 18.3 Å². The van der Waals surface area contributed by atoms with Gasteiger partial charge in [0, 0.05) is 27.1 Å². The van der Waals surface area contributed by atoms with Crippen molar-refractivity contribution in [3.05, 3.63) is 63.3 Å². The normalized spacial score (nSPS) is 11.4. The van der Waals surface area contributed by atoms with Gasteiger partial charge in [-0.3, -0.25) is 9.59 Å². The molecule has 2 N–H and O–H groups in total. The number of aromatic amines is 1. The van der Waals surface area contributed by atoms with Crippen LogP contribution in [0.3, 0.4) is 0 Å². The maximum atomic E-state index is 14.7. The second-order valence-electron chi connectivity index (χ2n) is 6.17. The Hall–Kier alpha value is -3.19. The van der Waals surface area contributed by atoms with Crippen molar-refractivity contribution >= 4 is 39.2 Å². The Morgan fingerprint density at radius 2 is 1.96 bits per heavy atom. The van der Waals surface area contributed by atoms with Gasteiger partial charge in [0.05, 0.1) is 10.9 Å². The Morgan fingerprint density at radius 1 is 1.26 bits per heavy atom. The van der Waals surface area contributed by atoms with Gasteiger partial charge < -0.3 is 9.67 Å². The summed E-state index contributed by atoms with van der Waals surface area (Å²) in [6.45, 7) is 1.27. The number of hydrogen-bond donors (Lipinski definition) is 2. The van der Waals surface area contributed by atoms with Gasteiger partial charge in [-0.2, -0.15) is 5.10 Å². The van der Waals surface area contributed by atoms with Gasteiger partial charge in [0.15, 0.2) is 0 Å². The standard InChI is InChI=1S/C19H13ClFN3O3/c1-9-16(17-11-4-2-3-5-12(11)19(27)23-22-17)13-6-10(20)7-14(21)18(13)24(9)8-15(25)26/h2-7H,8H2,1H3,(H,23,27)(H,25,26). The molecule has 0 unspecified atom stereocenters. The van der Waals surface area contributed by atoms with Crippen molar-refractivity contribution in [2.75, 3.05) is 0 Å². The highest BCUT2D eigenvalue weighted by Gasteiger charge is 2.23. The van der Waals surface area contributed by atoms with Crippen LogP contribution >= 0.6 is 11.6 Å². The van der Waals surface area contributed by atoms with Crippen LogP contribution < -0.4 is 5.56 Å². The van der Waals surface area contributed by atoms with E-state index in [0.717, 1.165) is 6.07 Å². The van der Waals surface area contributed by atoms with E-state index in [1.165, 1.54) is 4.57 Å². The number of fused-ring (bicyclic) bond motifs is 2. The van der Waals surface area contributed by atoms with E-state index in [4.69, 9.17) is 11.6 Å². The molecule has 0 amide bonds. The smallest absolute Gasteiger partial charge is 0.323 e. The van der Waals surface area contributed by atoms with E-state index in [0.29, 0.717) is 33.1 Å². The lowest BCUT2D eigenvalue weighted by Gasteiger charge is -2.07. The lowest BCUT2D eigenvalue weighted by molar-refractivity contribution is -0.137. The predicted octanol–water partition coefficient (Wildman–Crippen LogP) is 3.73. The van der Waals surface area contributed by atoms with Crippen molar-refractivity contribution in [3.63, 3.8) is 0 Å². The monoisotopic (exact) mass is 385 g/mol. The molecule has 136 valence electrons. The molecular formula is C19H13ClFN3O3. The molecule has 6 nitrogen and oxygen atoms in total. The van der Waals surface area contributed by atoms with Gasteiger partial charge in [0.1, 0.15) is 18.1 Å². The minimum Gasteiger partial charge on any atom is -0.480 e. The average molecular weight is 386 g/mol. The largest absolute Gasteiger partial charge is 0.480 e. The van der Waals surface area contributed by atoms with Crippen molar-refractivity contribution in [1.29, 1.82) is 0 Å². The summed E-state index contributed by atoms with van der Waals surface area (Å²) >= 11 is 6.05. The van der Waals surface area contributed by atoms with Crippen molar-refractivity contribution in [2.45, 2.75) is 13.5 Å². The van der Waals surface area contributed by atoms with Gasteiger partial charge >= 0.3 is 5.97 Å². The first-order valence-corrected chi connectivity index (χ1v) is 8.43. The zero-order valence-electron chi connectivity index (χ0n) is 14.1. The van der Waals surface area contributed by atoms with E-state index in [9.17, 15) is 19.1 Å². The third kappa shape index (κ3) is 2.67. The van der Waals surface area contributed by atoms with Crippen molar-refractivity contribution in [1.82, 2.24) is 14.8 Å². The van der Waals surface area contributed by atoms with E-state index in [-0.39, 0.29) is 16.1 Å². The maximum absolute atomic E-state index is 14.7. The average Bonchev–Trinajstić information content (AvgIpc) is 2.87. The number of carboxylic acid groups (broad SMARTS) is 1.